The number of hydrogen-bond acceptors (Lipinski definition) is 5. The second kappa shape index (κ2) is 10.6. The van der Waals surface area contributed by atoms with E-state index in [1.165, 1.54) is 4.31 Å². The second-order valence-electron chi connectivity index (χ2n) is 8.72. The van der Waals surface area contributed by atoms with Gasteiger partial charge in [0, 0.05) is 37.9 Å². The number of anilines is 1. The number of ether oxygens (including phenoxy) is 1. The van der Waals surface area contributed by atoms with E-state index < -0.39 is 10.0 Å². The summed E-state index contributed by atoms with van der Waals surface area (Å²) in [6.07, 6.45) is 4.74. The van der Waals surface area contributed by atoms with Crippen molar-refractivity contribution in [3.63, 3.8) is 0 Å². The highest BCUT2D eigenvalue weighted by Gasteiger charge is 2.35. The van der Waals surface area contributed by atoms with E-state index >= 15 is 0 Å². The van der Waals surface area contributed by atoms with E-state index in [1.807, 2.05) is 24.3 Å². The molecule has 0 unspecified atom stereocenters. The van der Waals surface area contributed by atoms with E-state index in [0.29, 0.717) is 26.2 Å². The quantitative estimate of drug-likeness (QED) is 0.619. The number of methoxy groups -OCH3 is 1. The van der Waals surface area contributed by atoms with Gasteiger partial charge in [-0.3, -0.25) is 4.79 Å². The van der Waals surface area contributed by atoms with Crippen molar-refractivity contribution in [2.24, 2.45) is 0 Å². The molecule has 7 nitrogen and oxygen atoms in total. The zero-order valence-electron chi connectivity index (χ0n) is 19.2. The van der Waals surface area contributed by atoms with Crippen molar-refractivity contribution in [3.8, 4) is 5.75 Å². The van der Waals surface area contributed by atoms with Crippen LogP contribution in [0, 0.1) is 0 Å². The Bertz CT molecular complexity index is 1010. The van der Waals surface area contributed by atoms with E-state index in [0.717, 1.165) is 43.5 Å². The summed E-state index contributed by atoms with van der Waals surface area (Å²) in [5, 5.41) is 0. The van der Waals surface area contributed by atoms with Crippen molar-refractivity contribution >= 4 is 21.6 Å². The van der Waals surface area contributed by atoms with Gasteiger partial charge in [-0.1, -0.05) is 37.5 Å². The van der Waals surface area contributed by atoms with Crippen LogP contribution in [0.1, 0.15) is 32.1 Å². The maximum absolute atomic E-state index is 13.5. The van der Waals surface area contributed by atoms with Crippen LogP contribution in [0.5, 0.6) is 5.75 Å². The zero-order valence-corrected chi connectivity index (χ0v) is 20.0. The summed E-state index contributed by atoms with van der Waals surface area (Å²) in [6.45, 7) is 2.49. The van der Waals surface area contributed by atoms with Gasteiger partial charge in [0.05, 0.1) is 18.6 Å². The second-order valence-corrected chi connectivity index (χ2v) is 10.6. The molecule has 1 saturated carbocycles. The van der Waals surface area contributed by atoms with Gasteiger partial charge in [-0.25, -0.2) is 8.42 Å². The molecule has 1 aliphatic heterocycles. The topological polar surface area (TPSA) is 70.2 Å². The molecule has 0 spiro atoms. The van der Waals surface area contributed by atoms with Crippen LogP contribution < -0.4 is 9.64 Å². The molecule has 1 amide bonds. The molecule has 2 aromatic carbocycles. The SMILES string of the molecule is COc1ccc(N2CCN(C(=O)CN(C3CCCCC3)S(=O)(=O)c3ccccc3)CC2)cc1. The Labute approximate surface area is 197 Å². The van der Waals surface area contributed by atoms with Gasteiger partial charge in [0.15, 0.2) is 0 Å². The maximum Gasteiger partial charge on any atom is 0.243 e. The van der Waals surface area contributed by atoms with E-state index in [4.69, 9.17) is 4.74 Å². The predicted octanol–water partition coefficient (Wildman–Crippen LogP) is 3.37. The van der Waals surface area contributed by atoms with Crippen molar-refractivity contribution < 1.29 is 17.9 Å². The number of amides is 1. The van der Waals surface area contributed by atoms with Gasteiger partial charge in [-0.2, -0.15) is 4.31 Å². The molecule has 1 heterocycles. The summed E-state index contributed by atoms with van der Waals surface area (Å²) in [4.78, 5) is 17.5. The number of benzene rings is 2. The maximum atomic E-state index is 13.5. The minimum absolute atomic E-state index is 0.0928. The number of carbonyl (C=O) groups excluding carboxylic acids is 1. The lowest BCUT2D eigenvalue weighted by molar-refractivity contribution is -0.132. The van der Waals surface area contributed by atoms with Crippen molar-refractivity contribution in [3.05, 3.63) is 54.6 Å². The van der Waals surface area contributed by atoms with Gasteiger partial charge in [0.25, 0.3) is 0 Å². The average molecular weight is 472 g/mol. The first-order valence-electron chi connectivity index (χ1n) is 11.7. The summed E-state index contributed by atoms with van der Waals surface area (Å²) < 4.78 is 33.6. The Kier molecular flexibility index (Phi) is 7.55. The third kappa shape index (κ3) is 5.50. The molecule has 0 atom stereocenters. The highest BCUT2D eigenvalue weighted by atomic mass is 32.2. The first-order chi connectivity index (χ1) is 16.0. The Morgan fingerprint density at radius 1 is 0.939 bits per heavy atom. The molecule has 178 valence electrons. The third-order valence-electron chi connectivity index (χ3n) is 6.69. The van der Waals surface area contributed by atoms with Gasteiger partial charge in [0.2, 0.25) is 15.9 Å². The highest BCUT2D eigenvalue weighted by molar-refractivity contribution is 7.89. The van der Waals surface area contributed by atoms with Crippen molar-refractivity contribution in [1.29, 1.82) is 0 Å². The largest absolute Gasteiger partial charge is 0.497 e. The fourth-order valence-electron chi connectivity index (χ4n) is 4.75. The fraction of sp³-hybridized carbons (Fsp3) is 0.480. The molecule has 8 heteroatoms. The number of hydrogen-bond donors (Lipinski definition) is 0. The highest BCUT2D eigenvalue weighted by Crippen LogP contribution is 2.28. The molecule has 0 N–H and O–H groups in total. The fourth-order valence-corrected chi connectivity index (χ4v) is 6.40. The molecule has 2 fully saturated rings. The minimum atomic E-state index is -3.73. The Balaban J connectivity index is 1.44. The standard InChI is InChI=1S/C25H33N3O4S/c1-32-23-14-12-21(13-15-23)26-16-18-27(19-17-26)25(29)20-28(22-8-4-2-5-9-22)33(30,31)24-10-6-3-7-11-24/h3,6-7,10-15,22H,2,4-5,8-9,16-20H2,1H3. The van der Waals surface area contributed by atoms with E-state index in [2.05, 4.69) is 4.90 Å². The van der Waals surface area contributed by atoms with E-state index in [-0.39, 0.29) is 23.4 Å². The van der Waals surface area contributed by atoms with Crippen LogP contribution in [0.25, 0.3) is 0 Å². The summed E-state index contributed by atoms with van der Waals surface area (Å²) >= 11 is 0. The van der Waals surface area contributed by atoms with Crippen LogP contribution in [-0.4, -0.2) is 69.4 Å². The Hall–Kier alpha value is -2.58. The molecule has 1 aliphatic carbocycles. The first kappa shape index (κ1) is 23.6. The molecule has 4 rings (SSSR count). The monoisotopic (exact) mass is 471 g/mol. The number of carbonyl (C=O) groups is 1. The van der Waals surface area contributed by atoms with Gasteiger partial charge in [-0.05, 0) is 49.2 Å². The lowest BCUT2D eigenvalue weighted by Gasteiger charge is -2.38. The van der Waals surface area contributed by atoms with E-state index in [1.54, 1.807) is 42.3 Å². The van der Waals surface area contributed by atoms with Crippen LogP contribution >= 0.6 is 0 Å². The normalized spacial score (nSPS) is 17.9. The lowest BCUT2D eigenvalue weighted by Crippen LogP contribution is -2.53. The van der Waals surface area contributed by atoms with Crippen molar-refractivity contribution in [2.45, 2.75) is 43.0 Å². The molecule has 0 aromatic heterocycles. The number of sulfonamides is 1. The number of rotatable bonds is 7. The van der Waals surface area contributed by atoms with Gasteiger partial charge in [0.1, 0.15) is 5.75 Å². The average Bonchev–Trinajstić information content (AvgIpc) is 2.88. The van der Waals surface area contributed by atoms with Crippen LogP contribution in [0.2, 0.25) is 0 Å². The molecule has 0 bridgehead atoms. The molecule has 33 heavy (non-hydrogen) atoms. The van der Waals surface area contributed by atoms with Crippen LogP contribution in [0.15, 0.2) is 59.5 Å². The Morgan fingerprint density at radius 3 is 2.18 bits per heavy atom. The van der Waals surface area contributed by atoms with Gasteiger partial charge >= 0.3 is 0 Å². The summed E-state index contributed by atoms with van der Waals surface area (Å²) in [5.41, 5.74) is 1.10. The van der Waals surface area contributed by atoms with Crippen LogP contribution in [-0.2, 0) is 14.8 Å². The van der Waals surface area contributed by atoms with Crippen molar-refractivity contribution in [2.75, 3.05) is 44.7 Å². The summed E-state index contributed by atoms with van der Waals surface area (Å²) in [7, 11) is -2.08. The van der Waals surface area contributed by atoms with Gasteiger partial charge < -0.3 is 14.5 Å². The molecule has 0 radical (unpaired) electrons. The molecule has 2 aromatic rings. The van der Waals surface area contributed by atoms with E-state index in [9.17, 15) is 13.2 Å². The first-order valence-corrected chi connectivity index (χ1v) is 13.2. The van der Waals surface area contributed by atoms with Gasteiger partial charge in [-0.15, -0.1) is 0 Å². The van der Waals surface area contributed by atoms with Crippen molar-refractivity contribution in [1.82, 2.24) is 9.21 Å². The summed E-state index contributed by atoms with van der Waals surface area (Å²) in [6, 6.07) is 16.3. The lowest BCUT2D eigenvalue weighted by atomic mass is 9.95. The Morgan fingerprint density at radius 2 is 1.58 bits per heavy atom. The van der Waals surface area contributed by atoms with Crippen LogP contribution in [0.4, 0.5) is 5.69 Å². The smallest absolute Gasteiger partial charge is 0.243 e. The summed E-state index contributed by atoms with van der Waals surface area (Å²) in [5.74, 6) is 0.699. The minimum Gasteiger partial charge on any atom is -0.497 e. The molecule has 1 saturated heterocycles. The molecular weight excluding hydrogens is 438 g/mol. The predicted molar refractivity (Wildman–Crippen MR) is 129 cm³/mol. The number of piperazine rings is 1. The van der Waals surface area contributed by atoms with Crippen LogP contribution in [0.3, 0.4) is 0 Å². The zero-order chi connectivity index (χ0) is 23.3. The molecular formula is C25H33N3O4S. The third-order valence-corrected chi connectivity index (χ3v) is 8.61. The number of nitrogens with zero attached hydrogens (tertiary/aromatic N) is 3. The molecule has 2 aliphatic rings.